The standard InChI is InChI=1S/C29H32FN5O4S/c1-29(2,3)39-28(37)35-17-19-14-22(40(4)38)10-11-23(19)25(35)26(36)33-21-15-31-27(32-16-21)34-12-6-9-24(34)18-7-5-8-20(30)13-18/h5,7-8,10-11,13-16,24-25H,6,9,12,17H2,1-4H3,(H,33,36). The SMILES string of the molecule is C[S+]([O-])c1ccc2c(c1)CN(C(=O)OC(C)(C)C)C2C(=O)Nc1cnc(N2CCCC2c2cccc(F)c2)nc1. The molecule has 1 saturated heterocycles. The van der Waals surface area contributed by atoms with Crippen molar-refractivity contribution in [3.63, 3.8) is 0 Å². The Balaban J connectivity index is 1.36. The second-order valence-corrected chi connectivity index (χ2v) is 12.4. The molecule has 0 aliphatic carbocycles. The summed E-state index contributed by atoms with van der Waals surface area (Å²) in [6.07, 6.45) is 5.81. The summed E-state index contributed by atoms with van der Waals surface area (Å²) in [5, 5.41) is 2.84. The Bertz CT molecular complexity index is 1410. The maximum Gasteiger partial charge on any atom is 0.411 e. The minimum absolute atomic E-state index is 0.0316. The van der Waals surface area contributed by atoms with Crippen molar-refractivity contribution in [2.75, 3.05) is 23.0 Å². The van der Waals surface area contributed by atoms with E-state index in [1.54, 1.807) is 51.3 Å². The van der Waals surface area contributed by atoms with Crippen LogP contribution in [0.25, 0.3) is 0 Å². The summed E-state index contributed by atoms with van der Waals surface area (Å²) in [6, 6.07) is 10.8. The fourth-order valence-corrected chi connectivity index (χ4v) is 5.76. The van der Waals surface area contributed by atoms with E-state index in [1.807, 2.05) is 11.0 Å². The number of amides is 2. The van der Waals surface area contributed by atoms with Crippen LogP contribution in [0.15, 0.2) is 59.8 Å². The number of hydrogen-bond acceptors (Lipinski definition) is 7. The summed E-state index contributed by atoms with van der Waals surface area (Å²) < 4.78 is 31.4. The molecule has 3 heterocycles. The van der Waals surface area contributed by atoms with Gasteiger partial charge in [0, 0.05) is 6.54 Å². The predicted molar refractivity (Wildman–Crippen MR) is 150 cm³/mol. The van der Waals surface area contributed by atoms with E-state index >= 15 is 0 Å². The van der Waals surface area contributed by atoms with E-state index in [1.165, 1.54) is 29.4 Å². The van der Waals surface area contributed by atoms with Crippen LogP contribution in [0.3, 0.4) is 0 Å². The zero-order valence-electron chi connectivity index (χ0n) is 22.9. The maximum atomic E-state index is 13.8. The number of carbonyl (C=O) groups excluding carboxylic acids is 2. The highest BCUT2D eigenvalue weighted by atomic mass is 32.2. The zero-order valence-corrected chi connectivity index (χ0v) is 23.7. The highest BCUT2D eigenvalue weighted by molar-refractivity contribution is 7.90. The first-order chi connectivity index (χ1) is 19.0. The third kappa shape index (κ3) is 5.90. The monoisotopic (exact) mass is 565 g/mol. The lowest BCUT2D eigenvalue weighted by Gasteiger charge is -2.28. The van der Waals surface area contributed by atoms with Gasteiger partial charge >= 0.3 is 6.09 Å². The van der Waals surface area contributed by atoms with Gasteiger partial charge in [0.25, 0.3) is 5.91 Å². The Morgan fingerprint density at radius 3 is 2.58 bits per heavy atom. The molecule has 3 unspecified atom stereocenters. The van der Waals surface area contributed by atoms with Crippen LogP contribution in [-0.4, -0.2) is 49.8 Å². The van der Waals surface area contributed by atoms with Gasteiger partial charge in [-0.2, -0.15) is 0 Å². The summed E-state index contributed by atoms with van der Waals surface area (Å²) in [7, 11) is 0. The van der Waals surface area contributed by atoms with Gasteiger partial charge in [-0.05, 0) is 85.7 Å². The molecule has 0 radical (unpaired) electrons. The number of fused-ring (bicyclic) bond motifs is 1. The molecule has 0 bridgehead atoms. The van der Waals surface area contributed by atoms with E-state index in [9.17, 15) is 18.5 Å². The third-order valence-electron chi connectivity index (χ3n) is 6.92. The van der Waals surface area contributed by atoms with Crippen LogP contribution in [0.5, 0.6) is 0 Å². The molecule has 2 amide bonds. The van der Waals surface area contributed by atoms with Gasteiger partial charge in [-0.25, -0.2) is 19.2 Å². The van der Waals surface area contributed by atoms with Gasteiger partial charge in [0.05, 0.1) is 30.7 Å². The van der Waals surface area contributed by atoms with Crippen LogP contribution in [0.4, 0.5) is 20.8 Å². The second-order valence-electron chi connectivity index (χ2n) is 11.0. The summed E-state index contributed by atoms with van der Waals surface area (Å²) in [6.45, 7) is 6.18. The quantitative estimate of drug-likeness (QED) is 0.427. The summed E-state index contributed by atoms with van der Waals surface area (Å²) in [5.41, 5.74) is 1.88. The van der Waals surface area contributed by atoms with Crippen LogP contribution in [-0.2, 0) is 27.3 Å². The highest BCUT2D eigenvalue weighted by Crippen LogP contribution is 2.38. The molecule has 9 nitrogen and oxygen atoms in total. The first-order valence-corrected chi connectivity index (χ1v) is 14.7. The molecule has 40 heavy (non-hydrogen) atoms. The lowest BCUT2D eigenvalue weighted by molar-refractivity contribution is -0.121. The van der Waals surface area contributed by atoms with Crippen LogP contribution < -0.4 is 10.2 Å². The predicted octanol–water partition coefficient (Wildman–Crippen LogP) is 5.13. The number of nitrogens with zero attached hydrogens (tertiary/aromatic N) is 4. The number of anilines is 2. The van der Waals surface area contributed by atoms with Crippen molar-refractivity contribution in [3.05, 3.63) is 77.4 Å². The Kier molecular flexibility index (Phi) is 7.70. The average Bonchev–Trinajstić information content (AvgIpc) is 3.53. The molecule has 1 aromatic heterocycles. The molecule has 3 atom stereocenters. The van der Waals surface area contributed by atoms with Gasteiger partial charge in [-0.1, -0.05) is 18.2 Å². The van der Waals surface area contributed by atoms with Crippen LogP contribution in [0.2, 0.25) is 0 Å². The molecule has 5 rings (SSSR count). The number of benzene rings is 2. The Morgan fingerprint density at radius 2 is 1.90 bits per heavy atom. The molecule has 2 aliphatic heterocycles. The van der Waals surface area contributed by atoms with Crippen molar-refractivity contribution in [1.82, 2.24) is 14.9 Å². The van der Waals surface area contributed by atoms with Gasteiger partial charge in [0.15, 0.2) is 4.90 Å². The molecular formula is C29H32FN5O4S. The highest BCUT2D eigenvalue weighted by Gasteiger charge is 2.41. The number of hydrogen-bond donors (Lipinski definition) is 1. The van der Waals surface area contributed by atoms with E-state index < -0.39 is 34.8 Å². The summed E-state index contributed by atoms with van der Waals surface area (Å²) >= 11 is -1.21. The minimum atomic E-state index is -1.21. The molecule has 2 aliphatic rings. The first kappa shape index (κ1) is 27.9. The van der Waals surface area contributed by atoms with E-state index in [2.05, 4.69) is 15.3 Å². The van der Waals surface area contributed by atoms with Crippen molar-refractivity contribution < 1.29 is 23.3 Å². The maximum absolute atomic E-state index is 13.8. The first-order valence-electron chi connectivity index (χ1n) is 13.1. The molecule has 1 fully saturated rings. The average molecular weight is 566 g/mol. The minimum Gasteiger partial charge on any atom is -0.612 e. The molecule has 11 heteroatoms. The van der Waals surface area contributed by atoms with E-state index in [0.29, 0.717) is 22.1 Å². The molecule has 0 spiro atoms. The van der Waals surface area contributed by atoms with E-state index in [4.69, 9.17) is 4.74 Å². The van der Waals surface area contributed by atoms with Crippen molar-refractivity contribution in [2.24, 2.45) is 0 Å². The Morgan fingerprint density at radius 1 is 1.15 bits per heavy atom. The van der Waals surface area contributed by atoms with Crippen molar-refractivity contribution in [1.29, 1.82) is 0 Å². The lowest BCUT2D eigenvalue weighted by atomic mass is 10.0. The van der Waals surface area contributed by atoms with Gasteiger partial charge in [0.2, 0.25) is 5.95 Å². The van der Waals surface area contributed by atoms with Gasteiger partial charge < -0.3 is 19.5 Å². The zero-order chi connectivity index (χ0) is 28.6. The van der Waals surface area contributed by atoms with Crippen LogP contribution in [0.1, 0.15) is 62.4 Å². The van der Waals surface area contributed by atoms with Crippen LogP contribution >= 0.6 is 0 Å². The lowest BCUT2D eigenvalue weighted by Crippen LogP contribution is -2.40. The number of nitrogens with one attached hydrogen (secondary N) is 1. The number of carbonyl (C=O) groups is 2. The molecular weight excluding hydrogens is 533 g/mol. The largest absolute Gasteiger partial charge is 0.612 e. The number of halogens is 1. The normalized spacial score (nSPS) is 19.4. The molecule has 1 N–H and O–H groups in total. The number of ether oxygens (including phenoxy) is 1. The van der Waals surface area contributed by atoms with Crippen molar-refractivity contribution in [3.8, 4) is 0 Å². The molecule has 0 saturated carbocycles. The Labute approximate surface area is 235 Å². The summed E-state index contributed by atoms with van der Waals surface area (Å²) in [5.74, 6) is -0.229. The van der Waals surface area contributed by atoms with Gasteiger partial charge in [-0.3, -0.25) is 9.69 Å². The fraction of sp³-hybridized carbons (Fsp3) is 0.379. The topological polar surface area (TPSA) is 111 Å². The van der Waals surface area contributed by atoms with E-state index in [-0.39, 0.29) is 18.4 Å². The van der Waals surface area contributed by atoms with Crippen molar-refractivity contribution >= 4 is 34.8 Å². The second kappa shape index (κ2) is 11.1. The Hall–Kier alpha value is -3.70. The van der Waals surface area contributed by atoms with E-state index in [0.717, 1.165) is 30.5 Å². The smallest absolute Gasteiger partial charge is 0.411 e. The molecule has 2 aromatic carbocycles. The van der Waals surface area contributed by atoms with Crippen molar-refractivity contribution in [2.45, 2.75) is 62.7 Å². The summed E-state index contributed by atoms with van der Waals surface area (Å²) in [4.78, 5) is 39.6. The third-order valence-corrected chi connectivity index (χ3v) is 7.84. The molecule has 3 aromatic rings. The van der Waals surface area contributed by atoms with Gasteiger partial charge in [-0.15, -0.1) is 0 Å². The number of aromatic nitrogens is 2. The number of rotatable bonds is 5. The van der Waals surface area contributed by atoms with Crippen LogP contribution in [0, 0.1) is 5.82 Å². The fourth-order valence-electron chi connectivity index (χ4n) is 5.19. The van der Waals surface area contributed by atoms with Gasteiger partial charge in [0.1, 0.15) is 23.7 Å². The molecule has 210 valence electrons.